The molecular formula is C19H22FN3OS. The van der Waals surface area contributed by atoms with Crippen LogP contribution in [0.3, 0.4) is 0 Å². The van der Waals surface area contributed by atoms with E-state index < -0.39 is 0 Å². The van der Waals surface area contributed by atoms with Crippen molar-refractivity contribution in [2.24, 2.45) is 0 Å². The number of halogens is 1. The second-order valence-electron chi connectivity index (χ2n) is 6.39. The topological polar surface area (TPSA) is 37.6 Å². The van der Waals surface area contributed by atoms with Crippen LogP contribution in [0.4, 0.5) is 10.1 Å². The van der Waals surface area contributed by atoms with Gasteiger partial charge in [-0.15, -0.1) is 11.3 Å². The normalized spacial score (nSPS) is 11.4. The van der Waals surface area contributed by atoms with Crippen molar-refractivity contribution in [3.8, 4) is 0 Å². The number of anilines is 1. The van der Waals surface area contributed by atoms with E-state index >= 15 is 0 Å². The Balaban J connectivity index is 1.99. The quantitative estimate of drug-likeness (QED) is 0.679. The number of hydrogen-bond acceptors (Lipinski definition) is 4. The Morgan fingerprint density at radius 1 is 1.28 bits per heavy atom. The van der Waals surface area contributed by atoms with Gasteiger partial charge in [0.15, 0.2) is 4.96 Å². The average molecular weight is 359 g/mol. The van der Waals surface area contributed by atoms with Gasteiger partial charge >= 0.3 is 0 Å². The molecule has 3 aromatic rings. The van der Waals surface area contributed by atoms with Crippen LogP contribution in [-0.2, 0) is 6.54 Å². The van der Waals surface area contributed by atoms with Gasteiger partial charge in [0.2, 0.25) is 0 Å². The van der Waals surface area contributed by atoms with Crippen LogP contribution in [-0.4, -0.2) is 15.9 Å². The molecule has 3 rings (SSSR count). The van der Waals surface area contributed by atoms with Crippen molar-refractivity contribution in [1.82, 2.24) is 9.38 Å². The van der Waals surface area contributed by atoms with E-state index in [0.29, 0.717) is 6.54 Å². The maximum atomic E-state index is 13.1. The molecule has 0 atom stereocenters. The second-order valence-corrected chi connectivity index (χ2v) is 7.57. The Bertz CT molecular complexity index is 944. The maximum Gasteiger partial charge on any atom is 0.259 e. The van der Waals surface area contributed by atoms with Gasteiger partial charge in [-0.2, -0.15) is 0 Å². The van der Waals surface area contributed by atoms with E-state index in [1.807, 2.05) is 13.8 Å². The first-order chi connectivity index (χ1) is 11.9. The zero-order valence-electron chi connectivity index (χ0n) is 14.9. The van der Waals surface area contributed by atoms with Crippen LogP contribution in [0.15, 0.2) is 35.1 Å². The summed E-state index contributed by atoms with van der Waals surface area (Å²) in [7, 11) is 0. The minimum absolute atomic E-state index is 0.0387. The van der Waals surface area contributed by atoms with E-state index in [9.17, 15) is 9.18 Å². The van der Waals surface area contributed by atoms with Crippen molar-refractivity contribution in [3.05, 3.63) is 62.8 Å². The maximum absolute atomic E-state index is 13.1. The summed E-state index contributed by atoms with van der Waals surface area (Å²) in [6.45, 7) is 9.49. The molecule has 4 nitrogen and oxygen atoms in total. The molecule has 0 aliphatic heterocycles. The van der Waals surface area contributed by atoms with Gasteiger partial charge in [-0.1, -0.05) is 13.8 Å². The summed E-state index contributed by atoms with van der Waals surface area (Å²) in [5, 5.41) is 0. The fraction of sp³-hybridized carbons (Fsp3) is 0.368. The van der Waals surface area contributed by atoms with E-state index in [1.165, 1.54) is 12.1 Å². The lowest BCUT2D eigenvalue weighted by Crippen LogP contribution is -2.25. The number of benzene rings is 1. The number of aromatic nitrogens is 2. The molecule has 6 heteroatoms. The fourth-order valence-electron chi connectivity index (χ4n) is 3.12. The molecule has 0 unspecified atom stereocenters. The highest BCUT2D eigenvalue weighted by molar-refractivity contribution is 7.17. The molecule has 0 amide bonds. The minimum Gasteiger partial charge on any atom is -0.366 e. The molecule has 1 aromatic carbocycles. The van der Waals surface area contributed by atoms with Crippen LogP contribution in [0.5, 0.6) is 0 Å². The molecule has 0 bridgehead atoms. The molecule has 0 spiro atoms. The summed E-state index contributed by atoms with van der Waals surface area (Å²) in [4.78, 5) is 21.3. The first-order valence-electron chi connectivity index (χ1n) is 8.43. The highest BCUT2D eigenvalue weighted by Crippen LogP contribution is 2.26. The third-order valence-electron chi connectivity index (χ3n) is 4.26. The Morgan fingerprint density at radius 2 is 1.96 bits per heavy atom. The number of fused-ring (bicyclic) bond motifs is 1. The van der Waals surface area contributed by atoms with Gasteiger partial charge in [0.05, 0.1) is 12.2 Å². The zero-order valence-corrected chi connectivity index (χ0v) is 15.7. The van der Waals surface area contributed by atoms with Crippen molar-refractivity contribution in [1.29, 1.82) is 0 Å². The van der Waals surface area contributed by atoms with Crippen LogP contribution in [0.2, 0.25) is 0 Å². The Labute approximate surface area is 150 Å². The van der Waals surface area contributed by atoms with Gasteiger partial charge in [-0.3, -0.25) is 9.20 Å². The Kier molecular flexibility index (Phi) is 4.90. The van der Waals surface area contributed by atoms with Crippen molar-refractivity contribution in [2.75, 3.05) is 11.4 Å². The summed E-state index contributed by atoms with van der Waals surface area (Å²) < 4.78 is 14.9. The van der Waals surface area contributed by atoms with Crippen molar-refractivity contribution in [3.63, 3.8) is 0 Å². The number of hydrogen-bond donors (Lipinski definition) is 0. The summed E-state index contributed by atoms with van der Waals surface area (Å²) in [5.74, 6) is 0.0123. The van der Waals surface area contributed by atoms with Crippen molar-refractivity contribution in [2.45, 2.75) is 40.2 Å². The molecule has 0 aliphatic rings. The Morgan fingerprint density at radius 3 is 2.56 bits per heavy atom. The Hall–Kier alpha value is -2.21. The predicted octanol–water partition coefficient (Wildman–Crippen LogP) is 4.35. The number of rotatable bonds is 5. The molecule has 0 saturated heterocycles. The predicted molar refractivity (Wildman–Crippen MR) is 101 cm³/mol. The van der Waals surface area contributed by atoms with E-state index in [4.69, 9.17) is 4.98 Å². The highest BCUT2D eigenvalue weighted by Gasteiger charge is 2.16. The van der Waals surface area contributed by atoms with E-state index in [0.717, 1.165) is 33.5 Å². The summed E-state index contributed by atoms with van der Waals surface area (Å²) in [6, 6.07) is 7.99. The van der Waals surface area contributed by atoms with Crippen LogP contribution >= 0.6 is 11.3 Å². The average Bonchev–Trinajstić information content (AvgIpc) is 2.90. The summed E-state index contributed by atoms with van der Waals surface area (Å²) in [5.41, 5.74) is 2.64. The molecular weight excluding hydrogens is 337 g/mol. The second kappa shape index (κ2) is 6.96. The van der Waals surface area contributed by atoms with Crippen molar-refractivity contribution < 1.29 is 4.39 Å². The highest BCUT2D eigenvalue weighted by atomic mass is 32.1. The van der Waals surface area contributed by atoms with Crippen LogP contribution in [0, 0.1) is 12.7 Å². The van der Waals surface area contributed by atoms with Crippen molar-refractivity contribution >= 4 is 22.0 Å². The van der Waals surface area contributed by atoms with Gasteiger partial charge in [0.1, 0.15) is 5.82 Å². The first kappa shape index (κ1) is 17.6. The third kappa shape index (κ3) is 3.44. The number of aryl methyl sites for hydroxylation is 1. The smallest absolute Gasteiger partial charge is 0.259 e. The van der Waals surface area contributed by atoms with E-state index in [2.05, 4.69) is 18.7 Å². The molecule has 0 N–H and O–H groups in total. The monoisotopic (exact) mass is 359 g/mol. The lowest BCUT2D eigenvalue weighted by Gasteiger charge is -2.22. The summed E-state index contributed by atoms with van der Waals surface area (Å²) >= 11 is 1.55. The van der Waals surface area contributed by atoms with Crippen LogP contribution in [0.1, 0.15) is 43.0 Å². The SMILES string of the molecule is CCN(Cc1cc(=O)n2c(C(C)C)c(C)sc2n1)c1ccc(F)cc1. The molecule has 0 fully saturated rings. The largest absolute Gasteiger partial charge is 0.366 e. The third-order valence-corrected chi connectivity index (χ3v) is 5.23. The molecule has 0 aliphatic carbocycles. The molecule has 2 aromatic heterocycles. The number of thiazole rings is 1. The van der Waals surface area contributed by atoms with Gasteiger partial charge < -0.3 is 4.90 Å². The molecule has 132 valence electrons. The lowest BCUT2D eigenvalue weighted by atomic mass is 10.1. The molecule has 0 saturated carbocycles. The molecule has 0 radical (unpaired) electrons. The lowest BCUT2D eigenvalue weighted by molar-refractivity contribution is 0.627. The van der Waals surface area contributed by atoms with E-state index in [-0.39, 0.29) is 17.3 Å². The molecule has 2 heterocycles. The van der Waals surface area contributed by atoms with Crippen LogP contribution in [0.25, 0.3) is 4.96 Å². The van der Waals surface area contributed by atoms with E-state index in [1.54, 1.807) is 33.9 Å². The van der Waals surface area contributed by atoms with Crippen LogP contribution < -0.4 is 10.5 Å². The van der Waals surface area contributed by atoms with Gasteiger partial charge in [0.25, 0.3) is 5.56 Å². The standard InChI is InChI=1S/C19H22FN3OS/c1-5-22(16-8-6-14(20)7-9-16)11-15-10-17(24)23-18(12(2)3)13(4)25-19(23)21-15/h6-10,12H,5,11H2,1-4H3. The van der Waals surface area contributed by atoms with Gasteiger partial charge in [-0.25, -0.2) is 9.37 Å². The molecule has 25 heavy (non-hydrogen) atoms. The minimum atomic E-state index is -0.257. The van der Waals surface area contributed by atoms with Gasteiger partial charge in [0, 0.05) is 28.9 Å². The first-order valence-corrected chi connectivity index (χ1v) is 9.24. The van der Waals surface area contributed by atoms with Gasteiger partial charge in [-0.05, 0) is 44.0 Å². The summed E-state index contributed by atoms with van der Waals surface area (Å²) in [6.07, 6.45) is 0. The number of nitrogens with zero attached hydrogens (tertiary/aromatic N) is 3. The fourth-order valence-corrected chi connectivity index (χ4v) is 4.27. The zero-order chi connectivity index (χ0) is 18.1.